The monoisotopic (exact) mass is 302 g/mol. The van der Waals surface area contributed by atoms with Crippen molar-refractivity contribution in [3.05, 3.63) is 48.5 Å². The molecule has 0 saturated carbocycles. The second-order valence-electron chi connectivity index (χ2n) is 8.35. The molecule has 0 aliphatic heterocycles. The summed E-state index contributed by atoms with van der Waals surface area (Å²) in [4.78, 5) is 0. The maximum Gasteiger partial charge on any atom is -0.0184 e. The average Bonchev–Trinajstić information content (AvgIpc) is 2.65. The lowest BCUT2D eigenvalue weighted by atomic mass is 10.0. The van der Waals surface area contributed by atoms with E-state index in [4.69, 9.17) is 0 Å². The summed E-state index contributed by atoms with van der Waals surface area (Å²) in [5.41, 5.74) is 3.62. The van der Waals surface area contributed by atoms with Gasteiger partial charge in [-0.05, 0) is 22.0 Å². The van der Waals surface area contributed by atoms with Gasteiger partial charge in [-0.2, -0.15) is 0 Å². The molecular formula is C22H38. The highest BCUT2D eigenvalue weighted by Gasteiger charge is 1.96. The number of hydrogen-bond donors (Lipinski definition) is 0. The van der Waals surface area contributed by atoms with E-state index in [0.717, 1.165) is 0 Å². The molecule has 0 heterocycles. The maximum absolute atomic E-state index is 2.19. The third kappa shape index (κ3) is 21.0. The third-order valence-electron chi connectivity index (χ3n) is 1.66. The summed E-state index contributed by atoms with van der Waals surface area (Å²) in [5.74, 6) is 0. The van der Waals surface area contributed by atoms with Gasteiger partial charge < -0.3 is 0 Å². The van der Waals surface area contributed by atoms with Crippen LogP contribution in [0.3, 0.4) is 0 Å². The minimum atomic E-state index is 0.500. The lowest BCUT2D eigenvalue weighted by molar-refractivity contribution is 0.469. The predicted molar refractivity (Wildman–Crippen MR) is 105 cm³/mol. The van der Waals surface area contributed by atoms with Gasteiger partial charge in [0.2, 0.25) is 0 Å². The van der Waals surface area contributed by atoms with Gasteiger partial charge in [0.1, 0.15) is 0 Å². The van der Waals surface area contributed by atoms with Crippen molar-refractivity contribution in [3.63, 3.8) is 0 Å². The van der Waals surface area contributed by atoms with Gasteiger partial charge in [0.05, 0.1) is 0 Å². The van der Waals surface area contributed by atoms with E-state index in [1.807, 2.05) is 19.9 Å². The van der Waals surface area contributed by atoms with Gasteiger partial charge in [0.15, 0.2) is 0 Å². The van der Waals surface area contributed by atoms with E-state index < -0.39 is 0 Å². The first-order valence-electron chi connectivity index (χ1n) is 8.40. The Labute approximate surface area is 140 Å². The van der Waals surface area contributed by atoms with Crippen LogP contribution in [0.2, 0.25) is 0 Å². The van der Waals surface area contributed by atoms with E-state index in [1.54, 1.807) is 0 Å². The van der Waals surface area contributed by atoms with E-state index >= 15 is 0 Å². The standard InChI is InChI=1S/C10H8.2C5H12.C2H6/c1-2-5-9-7-4-8-10(9)6-3-1;2*1-5(2,3)4;1-2/h1-8H;2*1-4H3;1-2H3. The van der Waals surface area contributed by atoms with Crippen molar-refractivity contribution in [1.82, 2.24) is 0 Å². The zero-order valence-corrected chi connectivity index (χ0v) is 16.6. The summed E-state index contributed by atoms with van der Waals surface area (Å²) >= 11 is 0. The van der Waals surface area contributed by atoms with E-state index in [9.17, 15) is 0 Å². The zero-order valence-electron chi connectivity index (χ0n) is 16.6. The van der Waals surface area contributed by atoms with Crippen LogP contribution in [-0.2, 0) is 0 Å². The zero-order chi connectivity index (χ0) is 17.8. The molecule has 0 radical (unpaired) electrons. The van der Waals surface area contributed by atoms with Crippen molar-refractivity contribution in [2.45, 2.75) is 69.2 Å². The van der Waals surface area contributed by atoms with Gasteiger partial charge in [-0.25, -0.2) is 0 Å². The highest BCUT2D eigenvalue weighted by molar-refractivity contribution is 5.65. The molecule has 0 unspecified atom stereocenters. The summed E-state index contributed by atoms with van der Waals surface area (Å²) in [6.45, 7) is 21.5. The molecule has 0 heteroatoms. The van der Waals surface area contributed by atoms with E-state index in [1.165, 1.54) is 11.1 Å². The largest absolute Gasteiger partial charge is 0.0683 e. The molecule has 0 fully saturated rings. The quantitative estimate of drug-likeness (QED) is 0.463. The fourth-order valence-electron chi connectivity index (χ4n) is 1.13. The summed E-state index contributed by atoms with van der Waals surface area (Å²) in [6, 6.07) is 16.7. The fraction of sp³-hybridized carbons (Fsp3) is 0.545. The minimum absolute atomic E-state index is 0.500. The Kier molecular flexibility index (Phi) is 11.8. The summed E-state index contributed by atoms with van der Waals surface area (Å²) in [6.07, 6.45) is 0. The van der Waals surface area contributed by atoms with Gasteiger partial charge in [-0.1, -0.05) is 118 Å². The van der Waals surface area contributed by atoms with Crippen LogP contribution < -0.4 is 0 Å². The first kappa shape index (κ1) is 23.0. The maximum atomic E-state index is 2.19. The molecule has 126 valence electrons. The minimum Gasteiger partial charge on any atom is -0.0683 e. The van der Waals surface area contributed by atoms with Crippen LogP contribution in [0.1, 0.15) is 69.2 Å². The molecular weight excluding hydrogens is 264 g/mol. The molecule has 22 heavy (non-hydrogen) atoms. The molecule has 0 aromatic carbocycles. The Morgan fingerprint density at radius 2 is 0.682 bits per heavy atom. The Balaban J connectivity index is 0. The number of hydrogen-bond acceptors (Lipinski definition) is 0. The predicted octanol–water partition coefficient (Wildman–Crippen LogP) is 7.92. The van der Waals surface area contributed by atoms with Crippen LogP contribution in [0, 0.1) is 10.8 Å². The van der Waals surface area contributed by atoms with E-state index in [0.29, 0.717) is 10.8 Å². The lowest BCUT2D eigenvalue weighted by Crippen LogP contribution is -1.93. The molecule has 0 saturated heterocycles. The van der Waals surface area contributed by atoms with Crippen molar-refractivity contribution in [3.8, 4) is 11.1 Å². The van der Waals surface area contributed by atoms with Crippen LogP contribution in [0.15, 0.2) is 48.5 Å². The molecule has 0 atom stereocenters. The van der Waals surface area contributed by atoms with Crippen molar-refractivity contribution in [1.29, 1.82) is 0 Å². The average molecular weight is 303 g/mol. The molecule has 0 aromatic heterocycles. The Morgan fingerprint density at radius 1 is 0.455 bits per heavy atom. The molecule has 0 amide bonds. The van der Waals surface area contributed by atoms with Gasteiger partial charge >= 0.3 is 0 Å². The molecule has 2 aliphatic carbocycles. The highest BCUT2D eigenvalue weighted by atomic mass is 14.0. The molecule has 0 aromatic rings. The van der Waals surface area contributed by atoms with E-state index in [-0.39, 0.29) is 0 Å². The van der Waals surface area contributed by atoms with Crippen molar-refractivity contribution < 1.29 is 0 Å². The smallest absolute Gasteiger partial charge is 0.0184 e. The van der Waals surface area contributed by atoms with Gasteiger partial charge in [0.25, 0.3) is 0 Å². The fourth-order valence-corrected chi connectivity index (χ4v) is 1.13. The lowest BCUT2D eigenvalue weighted by Gasteiger charge is -2.05. The van der Waals surface area contributed by atoms with Crippen molar-refractivity contribution in [2.24, 2.45) is 10.8 Å². The molecule has 0 spiro atoms. The first-order valence-corrected chi connectivity index (χ1v) is 8.40. The molecule has 0 N–H and O–H groups in total. The normalized spacial score (nSPS) is 10.3. The summed E-state index contributed by atoms with van der Waals surface area (Å²) < 4.78 is 0. The molecule has 2 aliphatic rings. The Hall–Kier alpha value is -1.30. The van der Waals surface area contributed by atoms with Crippen LogP contribution >= 0.6 is 0 Å². The highest BCUT2D eigenvalue weighted by Crippen LogP contribution is 2.19. The van der Waals surface area contributed by atoms with Crippen LogP contribution in [-0.4, -0.2) is 0 Å². The summed E-state index contributed by atoms with van der Waals surface area (Å²) in [7, 11) is 0. The van der Waals surface area contributed by atoms with Gasteiger partial charge in [-0.3, -0.25) is 0 Å². The van der Waals surface area contributed by atoms with Crippen molar-refractivity contribution in [2.75, 3.05) is 0 Å². The Morgan fingerprint density at radius 3 is 0.955 bits per heavy atom. The van der Waals surface area contributed by atoms with Crippen LogP contribution in [0.4, 0.5) is 0 Å². The first-order chi connectivity index (χ1) is 9.97. The van der Waals surface area contributed by atoms with Gasteiger partial charge in [-0.15, -0.1) is 0 Å². The van der Waals surface area contributed by atoms with Crippen molar-refractivity contribution >= 4 is 0 Å². The topological polar surface area (TPSA) is 0 Å². The molecule has 0 nitrogen and oxygen atoms in total. The summed E-state index contributed by atoms with van der Waals surface area (Å²) in [5, 5.41) is 0. The number of rotatable bonds is 0. The van der Waals surface area contributed by atoms with Gasteiger partial charge in [0, 0.05) is 0 Å². The second kappa shape index (κ2) is 11.3. The SMILES string of the molecule is CC.CC(C)(C)C.CC(C)(C)C.c1ccc2cccc-2cc1. The Bertz CT molecular complexity index is 389. The molecule has 2 rings (SSSR count). The van der Waals surface area contributed by atoms with E-state index in [2.05, 4.69) is 97.9 Å². The van der Waals surface area contributed by atoms with Crippen LogP contribution in [0.5, 0.6) is 0 Å². The van der Waals surface area contributed by atoms with Crippen LogP contribution in [0.25, 0.3) is 11.1 Å². The third-order valence-corrected chi connectivity index (χ3v) is 1.66. The molecule has 0 bridgehead atoms. The second-order valence-corrected chi connectivity index (χ2v) is 8.35. The number of fused-ring (bicyclic) bond motifs is 1.